The lowest BCUT2D eigenvalue weighted by atomic mass is 9.80. The van der Waals surface area contributed by atoms with Crippen LogP contribution in [-0.4, -0.2) is 22.2 Å². The number of fused-ring (bicyclic) bond motifs is 18. The van der Waals surface area contributed by atoms with Crippen LogP contribution in [0.3, 0.4) is 0 Å². The molecule has 0 N–H and O–H groups in total. The lowest BCUT2D eigenvalue weighted by Gasteiger charge is -2.41. The Morgan fingerprint density at radius 3 is 1.13 bits per heavy atom. The SMILES string of the molecule is CN1c2ccccc2CCc2ccc(-c3c4ccccc4c(-c4ccc5c(c4)C(C)(C)c4ccccc4-5)c4cc(-c5cccc6ccccc56)ccc34)cc21.CN1c2ccccc2[Si]2(CCCC2)c2ccc(-c3c4ccccc4c(-c4ccc5c(c4)C(C)(C)c4ccccc4-5)c4cc(-c5cccc6ccccc56)ccc34)cc21. The fourth-order valence-corrected chi connectivity index (χ4v) is 27.2. The van der Waals surface area contributed by atoms with Crippen LogP contribution in [-0.2, 0) is 23.7 Å². The van der Waals surface area contributed by atoms with Gasteiger partial charge in [0.25, 0.3) is 0 Å². The largest absolute Gasteiger partial charge is 0.345 e. The van der Waals surface area contributed by atoms with Crippen LogP contribution < -0.4 is 20.2 Å². The highest BCUT2D eigenvalue weighted by Crippen LogP contribution is 2.56. The Bertz CT molecular complexity index is 7050. The Balaban J connectivity index is 0.000000138. The normalized spacial score (nSPS) is 15.0. The second-order valence-corrected chi connectivity index (χ2v) is 37.9. The molecule has 2 aliphatic carbocycles. The molecule has 18 aromatic rings. The van der Waals surface area contributed by atoms with E-state index in [4.69, 9.17) is 0 Å². The summed E-state index contributed by atoms with van der Waals surface area (Å²) >= 11 is 0. The number of benzene rings is 18. The Morgan fingerprint density at radius 2 is 0.593 bits per heavy atom. The molecule has 0 unspecified atom stereocenters. The van der Waals surface area contributed by atoms with E-state index in [1.54, 1.807) is 10.4 Å². The third-order valence-corrected chi connectivity index (χ3v) is 32.5. The van der Waals surface area contributed by atoms with Crippen LogP contribution in [0.4, 0.5) is 22.7 Å². The average molecular weight is 1460 g/mol. The number of hydrogen-bond donors (Lipinski definition) is 0. The molecule has 540 valence electrons. The molecule has 2 nitrogen and oxygen atoms in total. The molecule has 1 fully saturated rings. The number of hydrogen-bond acceptors (Lipinski definition) is 2. The summed E-state index contributed by atoms with van der Waals surface area (Å²) in [5.74, 6) is 0. The van der Waals surface area contributed by atoms with Crippen LogP contribution in [0.5, 0.6) is 0 Å². The Labute approximate surface area is 663 Å². The molecule has 0 saturated carbocycles. The number of anilines is 4. The van der Waals surface area contributed by atoms with Crippen molar-refractivity contribution >= 4 is 106 Å². The average Bonchev–Trinajstić information content (AvgIpc) is 1.68. The molecule has 3 heterocycles. The minimum Gasteiger partial charge on any atom is -0.345 e. The number of rotatable bonds is 6. The van der Waals surface area contributed by atoms with Crippen LogP contribution in [0.2, 0.25) is 12.1 Å². The zero-order valence-electron chi connectivity index (χ0n) is 65.0. The first kappa shape index (κ1) is 67.3. The third-order valence-electron chi connectivity index (χ3n) is 27.1. The topological polar surface area (TPSA) is 6.48 Å². The number of aryl methyl sites for hydroxylation is 2. The molecule has 113 heavy (non-hydrogen) atoms. The molecule has 0 amide bonds. The fraction of sp³-hybridized carbons (Fsp3) is 0.127. The van der Waals surface area contributed by atoms with Crippen molar-refractivity contribution in [3.05, 3.63) is 373 Å². The van der Waals surface area contributed by atoms with Crippen LogP contribution in [0.1, 0.15) is 73.9 Å². The van der Waals surface area contributed by atoms with E-state index in [-0.39, 0.29) is 10.8 Å². The fourth-order valence-electron chi connectivity index (χ4n) is 21.6. The minimum absolute atomic E-state index is 0.0879. The molecular weight excluding hydrogens is 1380 g/mol. The van der Waals surface area contributed by atoms with Gasteiger partial charge in [-0.3, -0.25) is 0 Å². The first-order valence-electron chi connectivity index (χ1n) is 40.7. The molecule has 0 radical (unpaired) electrons. The maximum atomic E-state index is 2.55. The quantitative estimate of drug-likeness (QED) is 0.121. The summed E-state index contributed by atoms with van der Waals surface area (Å²) in [6.45, 7) is 9.55. The highest BCUT2D eigenvalue weighted by atomic mass is 28.3. The monoisotopic (exact) mass is 1460 g/mol. The Kier molecular flexibility index (Phi) is 15.3. The molecule has 23 rings (SSSR count). The van der Waals surface area contributed by atoms with E-state index in [1.807, 2.05) is 0 Å². The summed E-state index contributed by atoms with van der Waals surface area (Å²) < 4.78 is 0. The maximum Gasteiger partial charge on any atom is 0.123 e. The van der Waals surface area contributed by atoms with Gasteiger partial charge in [-0.25, -0.2) is 0 Å². The summed E-state index contributed by atoms with van der Waals surface area (Å²) in [4.78, 5) is 4.90. The Morgan fingerprint density at radius 1 is 0.239 bits per heavy atom. The van der Waals surface area contributed by atoms with Gasteiger partial charge in [-0.1, -0.05) is 332 Å². The summed E-state index contributed by atoms with van der Waals surface area (Å²) in [7, 11) is 2.68. The van der Waals surface area contributed by atoms with Gasteiger partial charge >= 0.3 is 0 Å². The predicted octanol–water partition coefficient (Wildman–Crippen LogP) is 28.2. The molecule has 0 bridgehead atoms. The molecule has 1 spiro atoms. The number of nitrogens with zero attached hydrogens (tertiary/aromatic N) is 2. The van der Waals surface area contributed by atoms with Gasteiger partial charge in [-0.15, -0.1) is 0 Å². The van der Waals surface area contributed by atoms with Gasteiger partial charge in [0.05, 0.1) is 0 Å². The van der Waals surface area contributed by atoms with Crippen LogP contribution in [0.15, 0.2) is 340 Å². The summed E-state index contributed by atoms with van der Waals surface area (Å²) in [6, 6.07) is 132. The van der Waals surface area contributed by atoms with Gasteiger partial charge in [-0.05, 0) is 271 Å². The van der Waals surface area contributed by atoms with Gasteiger partial charge in [0.15, 0.2) is 0 Å². The smallest absolute Gasteiger partial charge is 0.123 e. The van der Waals surface area contributed by atoms with E-state index in [2.05, 4.69) is 391 Å². The van der Waals surface area contributed by atoms with Gasteiger partial charge in [0.2, 0.25) is 0 Å². The molecule has 3 aliphatic heterocycles. The van der Waals surface area contributed by atoms with Gasteiger partial charge < -0.3 is 9.80 Å². The first-order valence-corrected chi connectivity index (χ1v) is 43.2. The van der Waals surface area contributed by atoms with E-state index < -0.39 is 8.07 Å². The molecule has 1 saturated heterocycles. The predicted molar refractivity (Wildman–Crippen MR) is 486 cm³/mol. The van der Waals surface area contributed by atoms with Crippen molar-refractivity contribution in [2.24, 2.45) is 0 Å². The first-order chi connectivity index (χ1) is 55.4. The van der Waals surface area contributed by atoms with Crippen molar-refractivity contribution < 1.29 is 0 Å². The minimum atomic E-state index is -1.84. The Hall–Kier alpha value is -12.7. The zero-order valence-corrected chi connectivity index (χ0v) is 66.0. The van der Waals surface area contributed by atoms with E-state index in [0.29, 0.717) is 0 Å². The van der Waals surface area contributed by atoms with Crippen molar-refractivity contribution in [1.29, 1.82) is 0 Å². The van der Waals surface area contributed by atoms with E-state index in [9.17, 15) is 0 Å². The summed E-state index contributed by atoms with van der Waals surface area (Å²) in [6.07, 6.45) is 4.76. The van der Waals surface area contributed by atoms with Gasteiger partial charge in [-0.2, -0.15) is 0 Å². The van der Waals surface area contributed by atoms with Crippen molar-refractivity contribution in [3.8, 4) is 89.0 Å². The lowest BCUT2D eigenvalue weighted by molar-refractivity contribution is 0.660. The van der Waals surface area contributed by atoms with Gasteiger partial charge in [0, 0.05) is 47.7 Å². The van der Waals surface area contributed by atoms with Crippen molar-refractivity contribution in [2.45, 2.75) is 76.3 Å². The van der Waals surface area contributed by atoms with Crippen LogP contribution in [0, 0.1) is 0 Å². The van der Waals surface area contributed by atoms with Crippen LogP contribution in [0.25, 0.3) is 154 Å². The van der Waals surface area contributed by atoms with E-state index >= 15 is 0 Å². The standard InChI is InChI=1S/C56H45NSi.C54H41N/c1-56(2)48-22-9-8-18-42(48)43-28-26-38(34-49(43)56)55-45-20-7-6-19-44(45)54(46-29-25-37(33-47(46)55)41-21-14-16-36-15-4-5-17-40(36)41)39-27-30-53-51(35-39)57(3)50-23-10-11-24-52(50)58(53)31-12-13-32-58;1-54(2)48-21-10-9-17-42(48)43-29-28-38(32-49(43)54)53-45-19-8-7-18-44(45)52(39-26-25-36-24-23-35-14-5-11-22-50(35)55(3)51(36)33-39)46-30-27-37(31-47(46)53)41-20-12-15-34-13-4-6-16-40(34)41/h4-11,14-30,33-35H,12-13,31-32H2,1-3H3;4-22,25-33H,23-24H2,1-3H3. The van der Waals surface area contributed by atoms with Crippen molar-refractivity contribution in [3.63, 3.8) is 0 Å². The second-order valence-electron chi connectivity index (χ2n) is 33.7. The highest BCUT2D eigenvalue weighted by molar-refractivity contribution is 7.05. The van der Waals surface area contributed by atoms with E-state index in [0.717, 1.165) is 12.8 Å². The third kappa shape index (κ3) is 10.2. The molecule has 5 aliphatic rings. The maximum absolute atomic E-state index is 2.55. The van der Waals surface area contributed by atoms with E-state index in [1.165, 1.54) is 235 Å². The lowest BCUT2D eigenvalue weighted by Crippen LogP contribution is -2.61. The molecular formula is C110H86N2Si. The molecule has 18 aromatic carbocycles. The van der Waals surface area contributed by atoms with Gasteiger partial charge in [0.1, 0.15) is 8.07 Å². The zero-order chi connectivity index (χ0) is 75.6. The van der Waals surface area contributed by atoms with Crippen molar-refractivity contribution in [2.75, 3.05) is 23.9 Å². The van der Waals surface area contributed by atoms with Crippen molar-refractivity contribution in [1.82, 2.24) is 0 Å². The number of para-hydroxylation sites is 2. The molecule has 0 aromatic heterocycles. The summed E-state index contributed by atoms with van der Waals surface area (Å²) in [5.41, 5.74) is 34.4. The summed E-state index contributed by atoms with van der Waals surface area (Å²) in [5, 5.41) is 18.7. The highest BCUT2D eigenvalue weighted by Gasteiger charge is 2.47. The van der Waals surface area contributed by atoms with Crippen LogP contribution >= 0.6 is 0 Å². The second kappa shape index (κ2) is 25.7. The molecule has 3 heteroatoms. The molecule has 0 atom stereocenters.